The maximum atomic E-state index is 11.6. The van der Waals surface area contributed by atoms with Crippen LogP contribution in [0.25, 0.3) is 0 Å². The molecule has 1 aromatic heterocycles. The molecule has 0 bridgehead atoms. The minimum Gasteiger partial charge on any atom is -0.441 e. The summed E-state index contributed by atoms with van der Waals surface area (Å²) in [6.07, 6.45) is -0.681. The third-order valence-electron chi connectivity index (χ3n) is 2.30. The molecule has 1 N–H and O–H groups in total. The molecule has 3 nitrogen and oxygen atoms in total. The van der Waals surface area contributed by atoms with E-state index in [1.807, 2.05) is 54.8 Å². The zero-order valence-electron chi connectivity index (χ0n) is 9.42. The lowest BCUT2D eigenvalue weighted by Crippen LogP contribution is -2.15. The molecule has 1 amide bonds. The van der Waals surface area contributed by atoms with Crippen molar-refractivity contribution in [3.63, 3.8) is 0 Å². The Morgan fingerprint density at radius 1 is 1.24 bits per heavy atom. The second kappa shape index (κ2) is 5.50. The maximum Gasteiger partial charge on any atom is 0.412 e. The number of hydrogen-bond donors (Lipinski definition) is 1. The van der Waals surface area contributed by atoms with E-state index in [4.69, 9.17) is 4.74 Å². The van der Waals surface area contributed by atoms with Gasteiger partial charge in [0.15, 0.2) is 0 Å². The molecular weight excluding hydrogens is 234 g/mol. The van der Waals surface area contributed by atoms with Crippen molar-refractivity contribution in [1.29, 1.82) is 0 Å². The number of nitrogens with one attached hydrogen (secondary N) is 1. The molecule has 0 saturated carbocycles. The molecule has 88 valence electrons. The van der Waals surface area contributed by atoms with E-state index in [0.29, 0.717) is 0 Å². The van der Waals surface area contributed by atoms with Gasteiger partial charge in [-0.1, -0.05) is 30.3 Å². The molecule has 2 aromatic rings. The van der Waals surface area contributed by atoms with Crippen LogP contribution in [-0.4, -0.2) is 6.09 Å². The molecule has 0 aliphatic carbocycles. The molecule has 2 rings (SSSR count). The van der Waals surface area contributed by atoms with Crippen molar-refractivity contribution in [2.45, 2.75) is 13.0 Å². The molecule has 0 saturated heterocycles. The van der Waals surface area contributed by atoms with Crippen molar-refractivity contribution >= 4 is 22.4 Å². The second-order valence-electron chi connectivity index (χ2n) is 3.56. The van der Waals surface area contributed by atoms with Gasteiger partial charge >= 0.3 is 6.09 Å². The summed E-state index contributed by atoms with van der Waals surface area (Å²) >= 11 is 1.46. The summed E-state index contributed by atoms with van der Waals surface area (Å²) in [5.74, 6) is 0. The van der Waals surface area contributed by atoms with Crippen LogP contribution < -0.4 is 5.32 Å². The van der Waals surface area contributed by atoms with Gasteiger partial charge in [-0.15, -0.1) is 11.3 Å². The summed E-state index contributed by atoms with van der Waals surface area (Å²) in [5, 5.41) is 5.37. The van der Waals surface area contributed by atoms with Crippen molar-refractivity contribution in [3.05, 3.63) is 53.4 Å². The standard InChI is InChI=1S/C13H13NO2S/c1-10(11-6-3-2-4-7-11)16-13(15)14-12-8-5-9-17-12/h2-10H,1H3,(H,14,15). The Balaban J connectivity index is 1.91. The first-order chi connectivity index (χ1) is 8.25. The van der Waals surface area contributed by atoms with Crippen LogP contribution >= 0.6 is 11.3 Å². The fraction of sp³-hybridized carbons (Fsp3) is 0.154. The highest BCUT2D eigenvalue weighted by Crippen LogP contribution is 2.19. The summed E-state index contributed by atoms with van der Waals surface area (Å²) in [6.45, 7) is 1.85. The molecule has 0 spiro atoms. The summed E-state index contributed by atoms with van der Waals surface area (Å²) in [5.41, 5.74) is 0.980. The number of carbonyl (C=O) groups excluding carboxylic acids is 1. The lowest BCUT2D eigenvalue weighted by Gasteiger charge is -2.13. The topological polar surface area (TPSA) is 38.3 Å². The summed E-state index contributed by atoms with van der Waals surface area (Å²) in [6, 6.07) is 13.4. The van der Waals surface area contributed by atoms with Gasteiger partial charge < -0.3 is 4.74 Å². The largest absolute Gasteiger partial charge is 0.441 e. The SMILES string of the molecule is CC(OC(=O)Nc1cccs1)c1ccccc1. The van der Waals surface area contributed by atoms with Gasteiger partial charge in [0.1, 0.15) is 6.10 Å². The number of carbonyl (C=O) groups is 1. The summed E-state index contributed by atoms with van der Waals surface area (Å²) in [7, 11) is 0. The molecule has 0 aliphatic rings. The van der Waals surface area contributed by atoms with Crippen LogP contribution in [0, 0.1) is 0 Å². The van der Waals surface area contributed by atoms with E-state index >= 15 is 0 Å². The molecule has 0 aliphatic heterocycles. The van der Waals surface area contributed by atoms with E-state index in [0.717, 1.165) is 10.6 Å². The lowest BCUT2D eigenvalue weighted by molar-refractivity contribution is 0.121. The van der Waals surface area contributed by atoms with Crippen molar-refractivity contribution in [1.82, 2.24) is 0 Å². The number of amides is 1. The molecule has 1 atom stereocenters. The quantitative estimate of drug-likeness (QED) is 0.888. The molecule has 1 aromatic carbocycles. The highest BCUT2D eigenvalue weighted by molar-refractivity contribution is 7.14. The second-order valence-corrected chi connectivity index (χ2v) is 4.51. The molecule has 1 unspecified atom stereocenters. The minimum atomic E-state index is -0.427. The van der Waals surface area contributed by atoms with E-state index in [1.54, 1.807) is 0 Å². The Morgan fingerprint density at radius 2 is 2.00 bits per heavy atom. The van der Waals surface area contributed by atoms with Crippen molar-refractivity contribution in [2.24, 2.45) is 0 Å². The van der Waals surface area contributed by atoms with Gasteiger partial charge in [-0.25, -0.2) is 4.79 Å². The van der Waals surface area contributed by atoms with Gasteiger partial charge in [0, 0.05) is 0 Å². The zero-order valence-corrected chi connectivity index (χ0v) is 10.2. The van der Waals surface area contributed by atoms with Crippen LogP contribution in [0.4, 0.5) is 9.80 Å². The predicted molar refractivity (Wildman–Crippen MR) is 69.3 cm³/mol. The Kier molecular flexibility index (Phi) is 3.77. The highest BCUT2D eigenvalue weighted by atomic mass is 32.1. The molecule has 0 radical (unpaired) electrons. The average molecular weight is 247 g/mol. The van der Waals surface area contributed by atoms with Gasteiger partial charge in [-0.2, -0.15) is 0 Å². The number of thiophene rings is 1. The van der Waals surface area contributed by atoms with E-state index in [-0.39, 0.29) is 6.10 Å². The first-order valence-electron chi connectivity index (χ1n) is 5.32. The third kappa shape index (κ3) is 3.32. The zero-order chi connectivity index (χ0) is 12.1. The maximum absolute atomic E-state index is 11.6. The fourth-order valence-electron chi connectivity index (χ4n) is 1.43. The van der Waals surface area contributed by atoms with Crippen LogP contribution in [0.1, 0.15) is 18.6 Å². The third-order valence-corrected chi connectivity index (χ3v) is 3.08. The van der Waals surface area contributed by atoms with E-state index < -0.39 is 6.09 Å². The minimum absolute atomic E-state index is 0.254. The van der Waals surface area contributed by atoms with Crippen molar-refractivity contribution in [3.8, 4) is 0 Å². The Morgan fingerprint density at radius 3 is 2.65 bits per heavy atom. The first kappa shape index (κ1) is 11.7. The molecule has 4 heteroatoms. The fourth-order valence-corrected chi connectivity index (χ4v) is 2.04. The molecule has 1 heterocycles. The number of ether oxygens (including phenoxy) is 1. The van der Waals surface area contributed by atoms with Crippen LogP contribution in [0.2, 0.25) is 0 Å². The summed E-state index contributed by atoms with van der Waals surface area (Å²) < 4.78 is 5.27. The number of hydrogen-bond acceptors (Lipinski definition) is 3. The van der Waals surface area contributed by atoms with E-state index in [1.165, 1.54) is 11.3 Å². The van der Waals surface area contributed by atoms with Gasteiger partial charge in [-0.3, -0.25) is 5.32 Å². The molecule has 0 fully saturated rings. The van der Waals surface area contributed by atoms with E-state index in [9.17, 15) is 4.79 Å². The monoisotopic (exact) mass is 247 g/mol. The number of anilines is 1. The van der Waals surface area contributed by atoms with Gasteiger partial charge in [0.25, 0.3) is 0 Å². The Bertz CT molecular complexity index is 467. The smallest absolute Gasteiger partial charge is 0.412 e. The van der Waals surface area contributed by atoms with Crippen molar-refractivity contribution in [2.75, 3.05) is 5.32 Å². The molecular formula is C13H13NO2S. The van der Waals surface area contributed by atoms with Crippen LogP contribution in [-0.2, 0) is 4.74 Å². The Hall–Kier alpha value is -1.81. The first-order valence-corrected chi connectivity index (χ1v) is 6.20. The van der Waals surface area contributed by atoms with Gasteiger partial charge in [-0.05, 0) is 30.0 Å². The Labute approximate surface area is 104 Å². The van der Waals surface area contributed by atoms with Crippen LogP contribution in [0.5, 0.6) is 0 Å². The van der Waals surface area contributed by atoms with Crippen molar-refractivity contribution < 1.29 is 9.53 Å². The van der Waals surface area contributed by atoms with Gasteiger partial charge in [0.05, 0.1) is 5.00 Å². The highest BCUT2D eigenvalue weighted by Gasteiger charge is 2.11. The van der Waals surface area contributed by atoms with Crippen LogP contribution in [0.3, 0.4) is 0 Å². The normalized spacial score (nSPS) is 11.8. The average Bonchev–Trinajstić information content (AvgIpc) is 2.82. The molecule has 17 heavy (non-hydrogen) atoms. The number of benzene rings is 1. The number of rotatable bonds is 3. The van der Waals surface area contributed by atoms with Gasteiger partial charge in [0.2, 0.25) is 0 Å². The van der Waals surface area contributed by atoms with Crippen LogP contribution in [0.15, 0.2) is 47.8 Å². The summed E-state index contributed by atoms with van der Waals surface area (Å²) in [4.78, 5) is 11.6. The van der Waals surface area contributed by atoms with E-state index in [2.05, 4.69) is 5.32 Å². The lowest BCUT2D eigenvalue weighted by atomic mass is 10.1. The predicted octanol–water partition coefficient (Wildman–Crippen LogP) is 4.06.